The largest absolute Gasteiger partial charge is 0.381 e. The molecular formula is C14H15F2N3. The van der Waals surface area contributed by atoms with Gasteiger partial charge in [0.15, 0.2) is 23.3 Å². The van der Waals surface area contributed by atoms with Crippen LogP contribution in [-0.2, 0) is 6.54 Å². The van der Waals surface area contributed by atoms with Crippen molar-refractivity contribution in [1.82, 2.24) is 4.98 Å². The van der Waals surface area contributed by atoms with Crippen LogP contribution in [0.2, 0.25) is 0 Å². The first-order valence-electron chi connectivity index (χ1n) is 6.02. The minimum absolute atomic E-state index is 0.0743. The molecule has 5 heteroatoms. The molecule has 2 rings (SSSR count). The number of pyridine rings is 1. The minimum Gasteiger partial charge on any atom is -0.381 e. The third kappa shape index (κ3) is 2.99. The highest BCUT2D eigenvalue weighted by atomic mass is 19.1. The van der Waals surface area contributed by atoms with E-state index in [2.05, 4.69) is 4.98 Å². The van der Waals surface area contributed by atoms with Gasteiger partial charge in [0.2, 0.25) is 0 Å². The molecule has 2 N–H and O–H groups in total. The Balaban J connectivity index is 2.30. The maximum Gasteiger partial charge on any atom is 0.168 e. The second-order valence-corrected chi connectivity index (χ2v) is 4.16. The molecule has 0 spiro atoms. The Morgan fingerprint density at radius 2 is 1.84 bits per heavy atom. The Morgan fingerprint density at radius 1 is 1.16 bits per heavy atom. The molecule has 0 atom stereocenters. The molecular weight excluding hydrogens is 248 g/mol. The van der Waals surface area contributed by atoms with Crippen molar-refractivity contribution in [3.05, 3.63) is 53.6 Å². The van der Waals surface area contributed by atoms with Crippen molar-refractivity contribution in [2.75, 3.05) is 17.2 Å². The van der Waals surface area contributed by atoms with Crippen molar-refractivity contribution >= 4 is 11.6 Å². The molecule has 0 saturated carbocycles. The summed E-state index contributed by atoms with van der Waals surface area (Å²) < 4.78 is 26.9. The van der Waals surface area contributed by atoms with Crippen molar-refractivity contribution in [2.45, 2.75) is 13.5 Å². The molecule has 2 aromatic rings. The summed E-state index contributed by atoms with van der Waals surface area (Å²) in [4.78, 5) is 5.50. The summed E-state index contributed by atoms with van der Waals surface area (Å²) >= 11 is 0. The molecule has 1 aromatic heterocycles. The van der Waals surface area contributed by atoms with Crippen LogP contribution < -0.4 is 10.6 Å². The van der Waals surface area contributed by atoms with Gasteiger partial charge in [-0.3, -0.25) is 0 Å². The Morgan fingerprint density at radius 3 is 2.47 bits per heavy atom. The first-order valence-corrected chi connectivity index (χ1v) is 6.02. The van der Waals surface area contributed by atoms with Crippen LogP contribution in [0.15, 0.2) is 36.4 Å². The molecule has 0 bridgehead atoms. The van der Waals surface area contributed by atoms with Gasteiger partial charge in [0.05, 0.1) is 0 Å². The van der Waals surface area contributed by atoms with E-state index in [-0.39, 0.29) is 11.6 Å². The maximum atomic E-state index is 13.8. The van der Waals surface area contributed by atoms with E-state index in [9.17, 15) is 8.78 Å². The Kier molecular flexibility index (Phi) is 3.94. The number of nitrogen functional groups attached to an aromatic ring is 1. The zero-order valence-corrected chi connectivity index (χ0v) is 10.6. The number of anilines is 2. The SMILES string of the molecule is CCN(Cc1ccccc1)c1nc(N)c(F)cc1F. The van der Waals surface area contributed by atoms with Gasteiger partial charge in [0.25, 0.3) is 0 Å². The predicted molar refractivity (Wildman–Crippen MR) is 71.7 cm³/mol. The molecule has 3 nitrogen and oxygen atoms in total. The summed E-state index contributed by atoms with van der Waals surface area (Å²) in [6.45, 7) is 2.92. The molecule has 0 amide bonds. The average Bonchev–Trinajstić information content (AvgIpc) is 2.42. The lowest BCUT2D eigenvalue weighted by molar-refractivity contribution is 0.571. The second kappa shape index (κ2) is 5.65. The van der Waals surface area contributed by atoms with E-state index in [1.807, 2.05) is 37.3 Å². The lowest BCUT2D eigenvalue weighted by Crippen LogP contribution is -2.24. The fourth-order valence-corrected chi connectivity index (χ4v) is 1.83. The summed E-state index contributed by atoms with van der Waals surface area (Å²) in [7, 11) is 0. The second-order valence-electron chi connectivity index (χ2n) is 4.16. The van der Waals surface area contributed by atoms with Crippen molar-refractivity contribution in [1.29, 1.82) is 0 Å². The van der Waals surface area contributed by atoms with Crippen LogP contribution in [0.25, 0.3) is 0 Å². The van der Waals surface area contributed by atoms with Crippen LogP contribution in [-0.4, -0.2) is 11.5 Å². The van der Waals surface area contributed by atoms with Crippen molar-refractivity contribution in [2.24, 2.45) is 0 Å². The van der Waals surface area contributed by atoms with Gasteiger partial charge in [0.1, 0.15) is 0 Å². The van der Waals surface area contributed by atoms with Crippen LogP contribution in [0.3, 0.4) is 0 Å². The van der Waals surface area contributed by atoms with Gasteiger partial charge in [-0.1, -0.05) is 30.3 Å². The molecule has 0 fully saturated rings. The molecule has 1 aromatic carbocycles. The Labute approximate surface area is 110 Å². The van der Waals surface area contributed by atoms with Crippen LogP contribution in [0, 0.1) is 11.6 Å². The highest BCUT2D eigenvalue weighted by Crippen LogP contribution is 2.22. The van der Waals surface area contributed by atoms with Crippen molar-refractivity contribution in [3.63, 3.8) is 0 Å². The van der Waals surface area contributed by atoms with E-state index in [4.69, 9.17) is 5.73 Å². The smallest absolute Gasteiger partial charge is 0.168 e. The maximum absolute atomic E-state index is 13.8. The van der Waals surface area contributed by atoms with Gasteiger partial charge in [0, 0.05) is 19.2 Å². The fraction of sp³-hybridized carbons (Fsp3) is 0.214. The molecule has 0 unspecified atom stereocenters. The molecule has 0 aliphatic carbocycles. The molecule has 100 valence electrons. The van der Waals surface area contributed by atoms with E-state index in [1.54, 1.807) is 4.90 Å². The van der Waals surface area contributed by atoms with Crippen LogP contribution in [0.5, 0.6) is 0 Å². The zero-order chi connectivity index (χ0) is 13.8. The fourth-order valence-electron chi connectivity index (χ4n) is 1.83. The number of hydrogen-bond donors (Lipinski definition) is 1. The highest BCUT2D eigenvalue weighted by Gasteiger charge is 2.15. The average molecular weight is 263 g/mol. The minimum atomic E-state index is -0.836. The topological polar surface area (TPSA) is 42.2 Å². The van der Waals surface area contributed by atoms with E-state index in [0.29, 0.717) is 13.1 Å². The van der Waals surface area contributed by atoms with Gasteiger partial charge < -0.3 is 10.6 Å². The van der Waals surface area contributed by atoms with Gasteiger partial charge in [-0.05, 0) is 12.5 Å². The van der Waals surface area contributed by atoms with Crippen LogP contribution >= 0.6 is 0 Å². The monoisotopic (exact) mass is 263 g/mol. The number of aromatic nitrogens is 1. The Bertz CT molecular complexity index is 558. The summed E-state index contributed by atoms with van der Waals surface area (Å²) in [6, 6.07) is 10.4. The number of hydrogen-bond acceptors (Lipinski definition) is 3. The van der Waals surface area contributed by atoms with E-state index >= 15 is 0 Å². The first-order chi connectivity index (χ1) is 9.11. The molecule has 0 aliphatic rings. The number of nitrogens with zero attached hydrogens (tertiary/aromatic N) is 2. The van der Waals surface area contributed by atoms with Crippen LogP contribution in [0.1, 0.15) is 12.5 Å². The third-order valence-electron chi connectivity index (χ3n) is 2.84. The van der Waals surface area contributed by atoms with Gasteiger partial charge >= 0.3 is 0 Å². The summed E-state index contributed by atoms with van der Waals surface area (Å²) in [5, 5.41) is 0. The van der Waals surface area contributed by atoms with E-state index in [0.717, 1.165) is 11.6 Å². The number of rotatable bonds is 4. The predicted octanol–water partition coefficient (Wildman–Crippen LogP) is 2.97. The molecule has 0 saturated heterocycles. The van der Waals surface area contributed by atoms with Gasteiger partial charge in [-0.2, -0.15) is 0 Å². The van der Waals surface area contributed by atoms with E-state index < -0.39 is 11.6 Å². The molecule has 1 heterocycles. The van der Waals surface area contributed by atoms with Crippen molar-refractivity contribution < 1.29 is 8.78 Å². The first kappa shape index (κ1) is 13.3. The summed E-state index contributed by atoms with van der Waals surface area (Å²) in [6.07, 6.45) is 0. The molecule has 19 heavy (non-hydrogen) atoms. The molecule has 0 radical (unpaired) electrons. The Hall–Kier alpha value is -2.17. The highest BCUT2D eigenvalue weighted by molar-refractivity contribution is 5.47. The number of benzene rings is 1. The zero-order valence-electron chi connectivity index (χ0n) is 10.6. The van der Waals surface area contributed by atoms with E-state index in [1.165, 1.54) is 0 Å². The lowest BCUT2D eigenvalue weighted by atomic mass is 10.2. The molecule has 0 aliphatic heterocycles. The summed E-state index contributed by atoms with van der Waals surface area (Å²) in [5.74, 6) is -1.75. The number of nitrogens with two attached hydrogens (primary N) is 1. The van der Waals surface area contributed by atoms with Gasteiger partial charge in [-0.25, -0.2) is 13.8 Å². The summed E-state index contributed by atoms with van der Waals surface area (Å²) in [5.41, 5.74) is 6.42. The quantitative estimate of drug-likeness (QED) is 0.922. The van der Waals surface area contributed by atoms with Crippen molar-refractivity contribution in [3.8, 4) is 0 Å². The third-order valence-corrected chi connectivity index (χ3v) is 2.84. The lowest BCUT2D eigenvalue weighted by Gasteiger charge is -2.22. The normalized spacial score (nSPS) is 10.5. The standard InChI is InChI=1S/C14H15F2N3/c1-2-19(9-10-6-4-3-5-7-10)14-12(16)8-11(15)13(17)18-14/h3-8H,2,9H2,1H3,(H2,17,18). The van der Waals surface area contributed by atoms with Gasteiger partial charge in [-0.15, -0.1) is 0 Å². The van der Waals surface area contributed by atoms with Crippen LogP contribution in [0.4, 0.5) is 20.4 Å². The number of halogens is 2.